The molecule has 0 atom stereocenters. The lowest BCUT2D eigenvalue weighted by Gasteiger charge is -2.19. The number of alkyl halides is 3. The molecular weight excluding hydrogens is 533 g/mol. The molecule has 2 heterocycles. The number of fused-ring (bicyclic) bond motifs is 1. The highest BCUT2D eigenvalue weighted by Crippen LogP contribution is 2.36. The fourth-order valence-corrected chi connectivity index (χ4v) is 5.31. The maximum Gasteiger partial charge on any atom is 0.435 e. The van der Waals surface area contributed by atoms with Crippen molar-refractivity contribution in [2.45, 2.75) is 17.5 Å². The number of primary sulfonamides is 1. The molecule has 0 radical (unpaired) electrons. The van der Waals surface area contributed by atoms with Gasteiger partial charge in [0, 0.05) is 29.4 Å². The minimum absolute atomic E-state index is 0.0488. The summed E-state index contributed by atoms with van der Waals surface area (Å²) in [6, 6.07) is 17.8. The molecule has 4 aromatic rings. The lowest BCUT2D eigenvalue weighted by Crippen LogP contribution is -2.30. The molecule has 1 amide bonds. The summed E-state index contributed by atoms with van der Waals surface area (Å²) in [5.41, 5.74) is 6.52. The van der Waals surface area contributed by atoms with Crippen molar-refractivity contribution >= 4 is 27.5 Å². The lowest BCUT2D eigenvalue weighted by molar-refractivity contribution is -0.141. The zero-order valence-electron chi connectivity index (χ0n) is 20.1. The number of rotatable bonds is 5. The van der Waals surface area contributed by atoms with Crippen molar-refractivity contribution in [1.82, 2.24) is 9.78 Å². The molecule has 39 heavy (non-hydrogen) atoms. The number of amidine groups is 1. The van der Waals surface area contributed by atoms with Crippen LogP contribution in [0.3, 0.4) is 0 Å². The van der Waals surface area contributed by atoms with E-state index in [1.54, 1.807) is 36.4 Å². The van der Waals surface area contributed by atoms with E-state index in [1.807, 2.05) is 0 Å². The van der Waals surface area contributed by atoms with Crippen LogP contribution in [0.15, 0.2) is 77.7 Å². The van der Waals surface area contributed by atoms with E-state index in [-0.39, 0.29) is 34.2 Å². The highest BCUT2D eigenvalue weighted by molar-refractivity contribution is 7.89. The number of nitrogens with two attached hydrogens (primary N) is 2. The molecule has 0 unspecified atom stereocenters. The number of sulfonamides is 1. The summed E-state index contributed by atoms with van der Waals surface area (Å²) >= 11 is 0. The van der Waals surface area contributed by atoms with Gasteiger partial charge in [-0.2, -0.15) is 18.3 Å². The lowest BCUT2D eigenvalue weighted by atomic mass is 10.0. The molecule has 5 rings (SSSR count). The number of carbonyl (C=O) groups is 1. The average molecular weight is 555 g/mol. The molecule has 5 N–H and O–H groups in total. The van der Waals surface area contributed by atoms with E-state index in [2.05, 4.69) is 5.10 Å². The number of aromatic nitrogens is 2. The molecule has 0 bridgehead atoms. The van der Waals surface area contributed by atoms with Crippen molar-refractivity contribution < 1.29 is 26.4 Å². The minimum atomic E-state index is -4.80. The Bertz CT molecular complexity index is 1750. The van der Waals surface area contributed by atoms with Gasteiger partial charge in [0.2, 0.25) is 10.0 Å². The van der Waals surface area contributed by atoms with Crippen LogP contribution < -0.4 is 15.8 Å². The van der Waals surface area contributed by atoms with Gasteiger partial charge in [0.15, 0.2) is 5.69 Å². The summed E-state index contributed by atoms with van der Waals surface area (Å²) in [5.74, 6) is -0.996. The van der Waals surface area contributed by atoms with Crippen LogP contribution >= 0.6 is 0 Å². The third-order valence-electron chi connectivity index (χ3n) is 6.35. The number of nitrogens with zero attached hydrogens (tertiary/aromatic N) is 3. The molecule has 0 aliphatic carbocycles. The highest BCUT2D eigenvalue weighted by atomic mass is 32.2. The number of halogens is 3. The molecule has 1 aromatic heterocycles. The zero-order valence-corrected chi connectivity index (χ0v) is 20.9. The van der Waals surface area contributed by atoms with E-state index >= 15 is 0 Å². The fraction of sp³-hybridized carbons (Fsp3) is 0.115. The van der Waals surface area contributed by atoms with Gasteiger partial charge in [-0.3, -0.25) is 10.2 Å². The van der Waals surface area contributed by atoms with E-state index in [0.717, 1.165) is 4.68 Å². The van der Waals surface area contributed by atoms with E-state index in [4.69, 9.17) is 16.3 Å². The quantitative estimate of drug-likeness (QED) is 0.254. The Labute approximate surface area is 221 Å². The van der Waals surface area contributed by atoms with Gasteiger partial charge in [-0.15, -0.1) is 0 Å². The first-order valence-corrected chi connectivity index (χ1v) is 13.1. The SMILES string of the molecule is N=C(N)c1cccc(-n2nc(C(F)(F)F)cc2C(=O)N2CCc3cc(-c4ccccc4S(N)(=O)=O)ccc32)c1. The smallest absolute Gasteiger partial charge is 0.384 e. The summed E-state index contributed by atoms with van der Waals surface area (Å²) in [6.07, 6.45) is -4.40. The zero-order chi connectivity index (χ0) is 28.1. The van der Waals surface area contributed by atoms with Gasteiger partial charge < -0.3 is 10.6 Å². The summed E-state index contributed by atoms with van der Waals surface area (Å²) in [5, 5.41) is 16.7. The normalized spacial score (nSPS) is 13.4. The first kappa shape index (κ1) is 26.1. The second kappa shape index (κ2) is 9.36. The third-order valence-corrected chi connectivity index (χ3v) is 7.31. The molecule has 0 saturated carbocycles. The van der Waals surface area contributed by atoms with E-state index < -0.39 is 27.8 Å². The number of benzene rings is 3. The average Bonchev–Trinajstić information content (AvgIpc) is 3.53. The van der Waals surface area contributed by atoms with Crippen molar-refractivity contribution in [3.05, 3.63) is 95.3 Å². The molecule has 9 nitrogen and oxygen atoms in total. The maximum absolute atomic E-state index is 13.6. The Hall–Kier alpha value is -4.49. The largest absolute Gasteiger partial charge is 0.435 e. The van der Waals surface area contributed by atoms with Crippen LogP contribution in [0.4, 0.5) is 18.9 Å². The number of nitrogens with one attached hydrogen (secondary N) is 1. The maximum atomic E-state index is 13.6. The summed E-state index contributed by atoms with van der Waals surface area (Å²) < 4.78 is 65.8. The molecule has 0 fully saturated rings. The number of carbonyl (C=O) groups excluding carboxylic acids is 1. The standard InChI is InChI=1S/C26H21F3N6O3S/c27-26(28,29)23-14-21(35(33-23)18-5-3-4-17(13-18)24(30)31)25(36)34-11-10-16-12-15(8-9-20(16)34)19-6-1-2-7-22(19)39(32,37)38/h1-9,12-14H,10-11H2,(H3,30,31)(H2,32,37,38). The molecule has 0 spiro atoms. The summed E-state index contributed by atoms with van der Waals surface area (Å²) in [7, 11) is -3.99. The second-order valence-electron chi connectivity index (χ2n) is 8.88. The van der Waals surface area contributed by atoms with Crippen LogP contribution in [-0.4, -0.2) is 36.5 Å². The summed E-state index contributed by atoms with van der Waals surface area (Å²) in [6.45, 7) is 0.189. The first-order valence-electron chi connectivity index (χ1n) is 11.5. The van der Waals surface area contributed by atoms with Crippen LogP contribution in [0, 0.1) is 5.41 Å². The van der Waals surface area contributed by atoms with Gasteiger partial charge in [-0.1, -0.05) is 36.4 Å². The molecule has 13 heteroatoms. The van der Waals surface area contributed by atoms with Crippen LogP contribution in [0.25, 0.3) is 16.8 Å². The number of amides is 1. The Morgan fingerprint density at radius 1 is 1.00 bits per heavy atom. The second-order valence-corrected chi connectivity index (χ2v) is 10.4. The van der Waals surface area contributed by atoms with Crippen LogP contribution in [0.1, 0.15) is 27.3 Å². The van der Waals surface area contributed by atoms with Gasteiger partial charge in [0.1, 0.15) is 11.5 Å². The van der Waals surface area contributed by atoms with Gasteiger partial charge in [-0.05, 0) is 47.9 Å². The fourth-order valence-electron chi connectivity index (χ4n) is 4.55. The Morgan fingerprint density at radius 3 is 2.44 bits per heavy atom. The monoisotopic (exact) mass is 554 g/mol. The van der Waals surface area contributed by atoms with E-state index in [1.165, 1.54) is 35.2 Å². The number of hydrogen-bond acceptors (Lipinski definition) is 5. The highest BCUT2D eigenvalue weighted by Gasteiger charge is 2.38. The van der Waals surface area contributed by atoms with Crippen molar-refractivity contribution in [2.75, 3.05) is 11.4 Å². The van der Waals surface area contributed by atoms with Gasteiger partial charge in [0.25, 0.3) is 5.91 Å². The van der Waals surface area contributed by atoms with Gasteiger partial charge >= 0.3 is 6.18 Å². The van der Waals surface area contributed by atoms with Crippen LogP contribution in [-0.2, 0) is 22.6 Å². The third kappa shape index (κ3) is 4.89. The van der Waals surface area contributed by atoms with Crippen LogP contribution in [0.2, 0.25) is 0 Å². The van der Waals surface area contributed by atoms with E-state index in [0.29, 0.717) is 34.9 Å². The van der Waals surface area contributed by atoms with Crippen molar-refractivity contribution in [1.29, 1.82) is 5.41 Å². The number of anilines is 1. The molecule has 1 aliphatic heterocycles. The molecule has 1 aliphatic rings. The van der Waals surface area contributed by atoms with Crippen LogP contribution in [0.5, 0.6) is 0 Å². The van der Waals surface area contributed by atoms with E-state index in [9.17, 15) is 26.4 Å². The molecular formula is C26H21F3N6O3S. The molecule has 200 valence electrons. The Morgan fingerprint density at radius 2 is 1.74 bits per heavy atom. The van der Waals surface area contributed by atoms with Crippen molar-refractivity contribution in [3.63, 3.8) is 0 Å². The number of hydrogen-bond donors (Lipinski definition) is 3. The minimum Gasteiger partial charge on any atom is -0.384 e. The van der Waals surface area contributed by atoms with Gasteiger partial charge in [0.05, 0.1) is 10.6 Å². The van der Waals surface area contributed by atoms with Crippen molar-refractivity contribution in [3.8, 4) is 16.8 Å². The Kier molecular flexibility index (Phi) is 6.27. The predicted molar refractivity (Wildman–Crippen MR) is 138 cm³/mol. The first-order chi connectivity index (χ1) is 18.3. The Balaban J connectivity index is 1.56. The summed E-state index contributed by atoms with van der Waals surface area (Å²) in [4.78, 5) is 14.9. The number of nitrogen functional groups attached to an aromatic ring is 1. The molecule has 0 saturated heterocycles. The molecule has 3 aromatic carbocycles. The van der Waals surface area contributed by atoms with Crippen molar-refractivity contribution in [2.24, 2.45) is 10.9 Å². The topological polar surface area (TPSA) is 148 Å². The predicted octanol–water partition coefficient (Wildman–Crippen LogP) is 3.69. The van der Waals surface area contributed by atoms with Gasteiger partial charge in [-0.25, -0.2) is 18.2 Å².